The Morgan fingerprint density at radius 3 is 2.79 bits per heavy atom. The average molecular weight is 325 g/mol. The van der Waals surface area contributed by atoms with Crippen LogP contribution in [0, 0.1) is 0 Å². The van der Waals surface area contributed by atoms with Crippen LogP contribution in [0.15, 0.2) is 55.0 Å². The van der Waals surface area contributed by atoms with Crippen molar-refractivity contribution in [3.05, 3.63) is 66.1 Å². The summed E-state index contributed by atoms with van der Waals surface area (Å²) in [5, 5.41) is 2.81. The first-order chi connectivity index (χ1) is 11.7. The van der Waals surface area contributed by atoms with Gasteiger partial charge in [-0.25, -0.2) is 4.79 Å². The molecule has 0 spiro atoms. The van der Waals surface area contributed by atoms with Crippen molar-refractivity contribution in [2.75, 3.05) is 20.2 Å². The van der Waals surface area contributed by atoms with Gasteiger partial charge in [0, 0.05) is 31.7 Å². The van der Waals surface area contributed by atoms with E-state index in [9.17, 15) is 4.79 Å². The van der Waals surface area contributed by atoms with E-state index < -0.39 is 0 Å². The fourth-order valence-corrected chi connectivity index (χ4v) is 2.26. The Labute approximate surface area is 143 Å². The molecular weight excluding hydrogens is 302 g/mol. The van der Waals surface area contributed by atoms with Crippen LogP contribution < -0.4 is 10.1 Å². The topological polar surface area (TPSA) is 54.5 Å². The predicted molar refractivity (Wildman–Crippen MR) is 95.7 cm³/mol. The zero-order valence-corrected chi connectivity index (χ0v) is 14.1. The van der Waals surface area contributed by atoms with E-state index in [0.29, 0.717) is 13.1 Å². The molecule has 2 aromatic rings. The Balaban J connectivity index is 1.85. The highest BCUT2D eigenvalue weighted by molar-refractivity contribution is 5.76. The highest BCUT2D eigenvalue weighted by Gasteiger charge is 2.09. The number of nitrogens with zero attached hydrogens (tertiary/aromatic N) is 2. The number of amides is 2. The summed E-state index contributed by atoms with van der Waals surface area (Å²) < 4.78 is 5.18. The minimum absolute atomic E-state index is 0.106. The summed E-state index contributed by atoms with van der Waals surface area (Å²) in [5.74, 6) is 0.788. The predicted octanol–water partition coefficient (Wildman–Crippen LogP) is 3.34. The van der Waals surface area contributed by atoms with Crippen LogP contribution in [0.1, 0.15) is 18.1 Å². The van der Waals surface area contributed by atoms with Crippen molar-refractivity contribution in [3.63, 3.8) is 0 Å². The average Bonchev–Trinajstić information content (AvgIpc) is 2.63. The summed E-state index contributed by atoms with van der Waals surface area (Å²) >= 11 is 0. The number of pyridine rings is 1. The van der Waals surface area contributed by atoms with Gasteiger partial charge in [-0.1, -0.05) is 12.1 Å². The van der Waals surface area contributed by atoms with E-state index in [0.717, 1.165) is 17.7 Å². The highest BCUT2D eigenvalue weighted by Crippen LogP contribution is 2.13. The number of hydrogen-bond acceptors (Lipinski definition) is 3. The SMILES string of the molecule is CCN(CCc1ccncc1)C(=O)N/C=C/c1cccc(OC)c1. The van der Waals surface area contributed by atoms with Gasteiger partial charge in [0.25, 0.3) is 0 Å². The molecule has 0 radical (unpaired) electrons. The summed E-state index contributed by atoms with van der Waals surface area (Å²) in [6, 6.07) is 11.5. The summed E-state index contributed by atoms with van der Waals surface area (Å²) in [4.78, 5) is 18.0. The van der Waals surface area contributed by atoms with Gasteiger partial charge >= 0.3 is 6.03 Å². The second-order valence-corrected chi connectivity index (χ2v) is 5.24. The molecule has 0 aliphatic heterocycles. The van der Waals surface area contributed by atoms with Gasteiger partial charge in [-0.15, -0.1) is 0 Å². The number of ether oxygens (including phenoxy) is 1. The van der Waals surface area contributed by atoms with Crippen molar-refractivity contribution in [1.82, 2.24) is 15.2 Å². The normalized spacial score (nSPS) is 10.6. The number of carbonyl (C=O) groups excluding carboxylic acids is 1. The Bertz CT molecular complexity index is 671. The first-order valence-electron chi connectivity index (χ1n) is 7.98. The van der Waals surface area contributed by atoms with Crippen molar-refractivity contribution in [3.8, 4) is 5.75 Å². The molecule has 0 aliphatic rings. The van der Waals surface area contributed by atoms with Crippen molar-refractivity contribution >= 4 is 12.1 Å². The quantitative estimate of drug-likeness (QED) is 0.849. The van der Waals surface area contributed by atoms with Crippen molar-refractivity contribution in [2.45, 2.75) is 13.3 Å². The number of aromatic nitrogens is 1. The van der Waals surface area contributed by atoms with Crippen LogP contribution in [0.4, 0.5) is 4.79 Å². The van der Waals surface area contributed by atoms with Crippen LogP contribution in [0.3, 0.4) is 0 Å². The summed E-state index contributed by atoms with van der Waals surface area (Å²) in [7, 11) is 1.63. The van der Waals surface area contributed by atoms with Gasteiger partial charge in [0.15, 0.2) is 0 Å². The molecule has 0 fully saturated rings. The van der Waals surface area contributed by atoms with Gasteiger partial charge in [0.1, 0.15) is 5.75 Å². The standard InChI is InChI=1S/C19H23N3O2/c1-3-22(14-10-16-7-11-20-12-8-16)19(23)21-13-9-17-5-4-6-18(15-17)24-2/h4-9,11-13,15H,3,10,14H2,1-2H3,(H,21,23)/b13-9+. The highest BCUT2D eigenvalue weighted by atomic mass is 16.5. The van der Waals surface area contributed by atoms with Gasteiger partial charge in [-0.3, -0.25) is 4.98 Å². The third-order valence-electron chi connectivity index (χ3n) is 3.67. The van der Waals surface area contributed by atoms with E-state index >= 15 is 0 Å². The Kier molecular flexibility index (Phi) is 6.83. The molecule has 0 saturated carbocycles. The van der Waals surface area contributed by atoms with Gasteiger partial charge < -0.3 is 15.0 Å². The molecule has 1 N–H and O–H groups in total. The Hall–Kier alpha value is -2.82. The van der Waals surface area contributed by atoms with Crippen molar-refractivity contribution < 1.29 is 9.53 Å². The number of hydrogen-bond donors (Lipinski definition) is 1. The van der Waals surface area contributed by atoms with Crippen LogP contribution in [-0.4, -0.2) is 36.1 Å². The maximum atomic E-state index is 12.2. The van der Waals surface area contributed by atoms with Crippen LogP contribution in [0.25, 0.3) is 6.08 Å². The third-order valence-corrected chi connectivity index (χ3v) is 3.67. The number of carbonyl (C=O) groups is 1. The van der Waals surface area contributed by atoms with Gasteiger partial charge in [-0.2, -0.15) is 0 Å². The lowest BCUT2D eigenvalue weighted by Crippen LogP contribution is -2.38. The zero-order chi connectivity index (χ0) is 17.2. The lowest BCUT2D eigenvalue weighted by molar-refractivity contribution is 0.205. The minimum atomic E-state index is -0.106. The second-order valence-electron chi connectivity index (χ2n) is 5.24. The number of benzene rings is 1. The first kappa shape index (κ1) is 17.5. The molecule has 0 unspecified atom stereocenters. The summed E-state index contributed by atoms with van der Waals surface area (Å²) in [5.41, 5.74) is 2.14. The minimum Gasteiger partial charge on any atom is -0.497 e. The van der Waals surface area contributed by atoms with E-state index in [1.165, 1.54) is 5.56 Å². The maximum absolute atomic E-state index is 12.2. The molecule has 1 aromatic heterocycles. The van der Waals surface area contributed by atoms with Crippen LogP contribution in [0.2, 0.25) is 0 Å². The zero-order valence-electron chi connectivity index (χ0n) is 14.1. The number of likely N-dealkylation sites (N-methyl/N-ethyl adjacent to an activating group) is 1. The monoisotopic (exact) mass is 325 g/mol. The molecular formula is C19H23N3O2. The lowest BCUT2D eigenvalue weighted by atomic mass is 10.2. The lowest BCUT2D eigenvalue weighted by Gasteiger charge is -2.20. The van der Waals surface area contributed by atoms with Crippen LogP contribution in [0.5, 0.6) is 5.75 Å². The first-order valence-corrected chi connectivity index (χ1v) is 7.98. The fraction of sp³-hybridized carbons (Fsp3) is 0.263. The van der Waals surface area contributed by atoms with E-state index in [-0.39, 0.29) is 6.03 Å². The van der Waals surface area contributed by atoms with E-state index in [1.807, 2.05) is 49.4 Å². The molecule has 0 atom stereocenters. The van der Waals surface area contributed by atoms with Crippen LogP contribution in [-0.2, 0) is 6.42 Å². The summed E-state index contributed by atoms with van der Waals surface area (Å²) in [6.45, 7) is 3.29. The van der Waals surface area contributed by atoms with Crippen molar-refractivity contribution in [2.24, 2.45) is 0 Å². The van der Waals surface area contributed by atoms with E-state index in [4.69, 9.17) is 4.74 Å². The number of rotatable bonds is 7. The molecule has 24 heavy (non-hydrogen) atoms. The molecule has 0 bridgehead atoms. The fourth-order valence-electron chi connectivity index (χ4n) is 2.26. The van der Waals surface area contributed by atoms with Crippen LogP contribution >= 0.6 is 0 Å². The molecule has 5 heteroatoms. The third kappa shape index (κ3) is 5.43. The second kappa shape index (κ2) is 9.35. The molecule has 2 rings (SSSR count). The number of nitrogens with one attached hydrogen (secondary N) is 1. The molecule has 126 valence electrons. The molecule has 2 amide bonds. The molecule has 0 saturated heterocycles. The van der Waals surface area contributed by atoms with E-state index in [1.54, 1.807) is 30.6 Å². The molecule has 0 aliphatic carbocycles. The Morgan fingerprint density at radius 1 is 1.29 bits per heavy atom. The molecule has 1 aromatic carbocycles. The molecule has 1 heterocycles. The Morgan fingerprint density at radius 2 is 2.08 bits per heavy atom. The van der Waals surface area contributed by atoms with E-state index in [2.05, 4.69) is 10.3 Å². The largest absolute Gasteiger partial charge is 0.497 e. The number of urea groups is 1. The van der Waals surface area contributed by atoms with Crippen molar-refractivity contribution in [1.29, 1.82) is 0 Å². The van der Waals surface area contributed by atoms with Gasteiger partial charge in [-0.05, 0) is 54.8 Å². The van der Waals surface area contributed by atoms with Gasteiger partial charge in [0.2, 0.25) is 0 Å². The van der Waals surface area contributed by atoms with Gasteiger partial charge in [0.05, 0.1) is 7.11 Å². The molecule has 5 nitrogen and oxygen atoms in total. The maximum Gasteiger partial charge on any atom is 0.321 e. The number of methoxy groups -OCH3 is 1. The smallest absolute Gasteiger partial charge is 0.321 e. The summed E-state index contributed by atoms with van der Waals surface area (Å²) in [6.07, 6.45) is 7.85.